The van der Waals surface area contributed by atoms with Crippen molar-refractivity contribution in [1.29, 1.82) is 0 Å². The third kappa shape index (κ3) is 4.23. The van der Waals surface area contributed by atoms with Crippen LogP contribution in [0.25, 0.3) is 0 Å². The van der Waals surface area contributed by atoms with Crippen molar-refractivity contribution in [3.63, 3.8) is 0 Å². The zero-order chi connectivity index (χ0) is 14.4. The number of pyridine rings is 1. The molecule has 0 radical (unpaired) electrons. The fourth-order valence-corrected chi connectivity index (χ4v) is 1.54. The average Bonchev–Trinajstić information content (AvgIpc) is 2.43. The maximum atomic E-state index is 12.3. The third-order valence-corrected chi connectivity index (χ3v) is 2.67. The van der Waals surface area contributed by atoms with E-state index in [1.54, 1.807) is 25.3 Å². The molecule has 0 spiro atoms. The fourth-order valence-electron chi connectivity index (χ4n) is 1.54. The molecular formula is C12H18FN2O4+. The number of ether oxygens (including phenoxy) is 1. The van der Waals surface area contributed by atoms with Gasteiger partial charge in [0.05, 0.1) is 6.61 Å². The first-order valence-corrected chi connectivity index (χ1v) is 5.80. The van der Waals surface area contributed by atoms with E-state index in [-0.39, 0.29) is 0 Å². The molecule has 7 heteroatoms. The Bertz CT molecular complexity index is 430. The number of primary amides is 1. The monoisotopic (exact) mass is 273 g/mol. The van der Waals surface area contributed by atoms with E-state index in [1.807, 2.05) is 0 Å². The summed E-state index contributed by atoms with van der Waals surface area (Å²) in [7, 11) is 0. The number of hydrogen-bond acceptors (Lipinski definition) is 4. The summed E-state index contributed by atoms with van der Waals surface area (Å²) in [4.78, 5) is 11.0. The quantitative estimate of drug-likeness (QED) is 0.572. The second-order valence-electron chi connectivity index (χ2n) is 4.08. The van der Waals surface area contributed by atoms with Gasteiger partial charge in [-0.2, -0.15) is 4.57 Å². The Morgan fingerprint density at radius 1 is 1.63 bits per heavy atom. The average molecular weight is 273 g/mol. The van der Waals surface area contributed by atoms with E-state index in [0.29, 0.717) is 5.56 Å². The van der Waals surface area contributed by atoms with E-state index in [4.69, 9.17) is 15.6 Å². The van der Waals surface area contributed by atoms with Crippen molar-refractivity contribution < 1.29 is 28.7 Å². The van der Waals surface area contributed by atoms with E-state index in [0.717, 1.165) is 0 Å². The Morgan fingerprint density at radius 2 is 2.32 bits per heavy atom. The number of nitrogens with zero attached hydrogens (tertiary/aromatic N) is 1. The molecule has 6 nitrogen and oxygen atoms in total. The third-order valence-electron chi connectivity index (χ3n) is 2.67. The van der Waals surface area contributed by atoms with Crippen molar-refractivity contribution >= 4 is 5.91 Å². The van der Waals surface area contributed by atoms with Gasteiger partial charge in [-0.1, -0.05) is 0 Å². The fraction of sp³-hybridized carbons (Fsp3) is 0.500. The van der Waals surface area contributed by atoms with Crippen LogP contribution in [0.2, 0.25) is 0 Å². The van der Waals surface area contributed by atoms with Crippen LogP contribution in [-0.2, 0) is 4.74 Å². The van der Waals surface area contributed by atoms with Crippen LogP contribution in [0.4, 0.5) is 4.39 Å². The predicted octanol–water partition coefficient (Wildman–Crippen LogP) is -0.701. The van der Waals surface area contributed by atoms with E-state index in [1.165, 1.54) is 10.8 Å². The highest BCUT2D eigenvalue weighted by Crippen LogP contribution is 2.08. The van der Waals surface area contributed by atoms with Gasteiger partial charge < -0.3 is 20.7 Å². The minimum absolute atomic E-state index is 0.296. The van der Waals surface area contributed by atoms with Crippen LogP contribution >= 0.6 is 0 Å². The first kappa shape index (κ1) is 15.5. The van der Waals surface area contributed by atoms with Gasteiger partial charge in [-0.05, 0) is 6.07 Å². The van der Waals surface area contributed by atoms with Gasteiger partial charge in [-0.25, -0.2) is 4.39 Å². The molecule has 1 aromatic heterocycles. The normalized spacial score (nSPS) is 15.8. The molecule has 0 saturated carbocycles. The zero-order valence-electron chi connectivity index (χ0n) is 10.6. The van der Waals surface area contributed by atoms with Crippen molar-refractivity contribution in [3.05, 3.63) is 30.1 Å². The summed E-state index contributed by atoms with van der Waals surface area (Å²) in [6.07, 6.45) is 0.0751. The Kier molecular flexibility index (Phi) is 5.81. The van der Waals surface area contributed by atoms with Crippen LogP contribution in [0.1, 0.15) is 23.5 Å². The van der Waals surface area contributed by atoms with Gasteiger partial charge in [0.25, 0.3) is 12.1 Å². The molecule has 0 aliphatic heterocycles. The van der Waals surface area contributed by atoms with Crippen LogP contribution in [0.5, 0.6) is 0 Å². The molecule has 106 valence electrons. The maximum Gasteiger partial charge on any atom is 0.260 e. The van der Waals surface area contributed by atoms with Gasteiger partial charge >= 0.3 is 0 Å². The van der Waals surface area contributed by atoms with E-state index < -0.39 is 37.6 Å². The molecule has 1 rings (SSSR count). The minimum Gasteiger partial charge on any atom is -0.394 e. The molecule has 0 aliphatic rings. The van der Waals surface area contributed by atoms with Crippen molar-refractivity contribution in [1.82, 2.24) is 0 Å². The lowest BCUT2D eigenvalue weighted by Gasteiger charge is -2.20. The molecule has 4 N–H and O–H groups in total. The topological polar surface area (TPSA) is 96.7 Å². The lowest BCUT2D eigenvalue weighted by molar-refractivity contribution is -0.761. The van der Waals surface area contributed by atoms with Crippen LogP contribution < -0.4 is 10.3 Å². The number of carbonyl (C=O) groups excluding carboxylic acids is 1. The van der Waals surface area contributed by atoms with Gasteiger partial charge in [0.15, 0.2) is 12.4 Å². The molecule has 19 heavy (non-hydrogen) atoms. The van der Waals surface area contributed by atoms with Crippen LogP contribution in [-0.4, -0.2) is 41.6 Å². The molecule has 0 aromatic carbocycles. The number of hydrogen-bond donors (Lipinski definition) is 3. The summed E-state index contributed by atoms with van der Waals surface area (Å²) in [6, 6.07) is 3.16. The lowest BCUT2D eigenvalue weighted by Crippen LogP contribution is -2.45. The molecule has 1 heterocycles. The molecular weight excluding hydrogens is 255 g/mol. The Hall–Kier alpha value is -1.57. The molecule has 2 unspecified atom stereocenters. The number of alkyl halides is 1. The highest BCUT2D eigenvalue weighted by molar-refractivity contribution is 5.92. The minimum atomic E-state index is -1.40. The highest BCUT2D eigenvalue weighted by Gasteiger charge is 2.25. The van der Waals surface area contributed by atoms with Gasteiger partial charge in [-0.3, -0.25) is 4.79 Å². The second-order valence-corrected chi connectivity index (χ2v) is 4.08. The lowest BCUT2D eigenvalue weighted by atomic mass is 10.2. The molecule has 0 fully saturated rings. The summed E-state index contributed by atoms with van der Waals surface area (Å²) >= 11 is 0. The number of rotatable bonds is 7. The van der Waals surface area contributed by atoms with Crippen LogP contribution in [0.3, 0.4) is 0 Å². The van der Waals surface area contributed by atoms with Crippen molar-refractivity contribution in [2.75, 3.05) is 13.3 Å². The SMILES string of the molecule is CC(O[C@H](CO)C(O)CF)[n+]1cccc(C(N)=O)c1. The summed E-state index contributed by atoms with van der Waals surface area (Å²) in [5, 5.41) is 18.3. The first-order valence-electron chi connectivity index (χ1n) is 5.80. The van der Waals surface area contributed by atoms with E-state index in [9.17, 15) is 14.3 Å². The molecule has 1 amide bonds. The molecule has 1 aromatic rings. The summed E-state index contributed by atoms with van der Waals surface area (Å²) in [6.45, 7) is 0.119. The number of aliphatic hydroxyl groups excluding tert-OH is 2. The molecule has 3 atom stereocenters. The van der Waals surface area contributed by atoms with Crippen molar-refractivity contribution in [3.8, 4) is 0 Å². The van der Waals surface area contributed by atoms with Gasteiger partial charge in [0.2, 0.25) is 0 Å². The molecule has 0 aliphatic carbocycles. The number of aliphatic hydroxyl groups is 2. The maximum absolute atomic E-state index is 12.3. The smallest absolute Gasteiger partial charge is 0.260 e. The van der Waals surface area contributed by atoms with Crippen molar-refractivity contribution in [2.45, 2.75) is 25.4 Å². The zero-order valence-corrected chi connectivity index (χ0v) is 10.6. The molecule has 0 saturated heterocycles. The largest absolute Gasteiger partial charge is 0.394 e. The predicted molar refractivity (Wildman–Crippen MR) is 63.8 cm³/mol. The van der Waals surface area contributed by atoms with Crippen LogP contribution in [0.15, 0.2) is 24.5 Å². The number of carbonyl (C=O) groups is 1. The first-order chi connectivity index (χ1) is 8.99. The van der Waals surface area contributed by atoms with Gasteiger partial charge in [-0.15, -0.1) is 0 Å². The van der Waals surface area contributed by atoms with Crippen molar-refractivity contribution in [2.24, 2.45) is 5.73 Å². The Morgan fingerprint density at radius 3 is 2.84 bits per heavy atom. The van der Waals surface area contributed by atoms with E-state index in [2.05, 4.69) is 0 Å². The Balaban J connectivity index is 2.79. The summed E-state index contributed by atoms with van der Waals surface area (Å²) in [5.41, 5.74) is 5.45. The summed E-state index contributed by atoms with van der Waals surface area (Å²) < 4.78 is 19.2. The number of nitrogens with two attached hydrogens (primary N) is 1. The standard InChI is InChI=1S/C12H17FN2O4/c1-8(19-11(7-16)10(17)5-13)15-4-2-3-9(6-15)12(14)18/h2-4,6,8,10-11,16-17H,5,7H2,1H3,(H-,14,18)/p+1/t8?,10?,11-/m1/s1. The Labute approximate surface area is 110 Å². The number of amides is 1. The van der Waals surface area contributed by atoms with Gasteiger partial charge in [0.1, 0.15) is 24.4 Å². The highest BCUT2D eigenvalue weighted by atomic mass is 19.1. The van der Waals surface area contributed by atoms with Crippen LogP contribution in [0, 0.1) is 0 Å². The number of halogens is 1. The van der Waals surface area contributed by atoms with Gasteiger partial charge in [0, 0.05) is 13.0 Å². The number of aromatic nitrogens is 1. The van der Waals surface area contributed by atoms with E-state index >= 15 is 0 Å². The molecule has 0 bridgehead atoms. The second kappa shape index (κ2) is 7.13. The summed E-state index contributed by atoms with van der Waals surface area (Å²) in [5.74, 6) is -0.580.